The van der Waals surface area contributed by atoms with Crippen LogP contribution in [-0.4, -0.2) is 49.8 Å². The van der Waals surface area contributed by atoms with Gasteiger partial charge in [-0.1, -0.05) is 26.0 Å². The first-order valence-corrected chi connectivity index (χ1v) is 6.68. The van der Waals surface area contributed by atoms with Crippen LogP contribution in [0.5, 0.6) is 0 Å². The molecule has 3 nitrogen and oxygen atoms in total. The van der Waals surface area contributed by atoms with Crippen LogP contribution in [0.1, 0.15) is 19.4 Å². The van der Waals surface area contributed by atoms with E-state index < -0.39 is 0 Å². The first-order valence-electron chi connectivity index (χ1n) is 6.68. The van der Waals surface area contributed by atoms with Gasteiger partial charge in [-0.15, -0.1) is 0 Å². The quantitative estimate of drug-likeness (QED) is 0.882. The highest BCUT2D eigenvalue weighted by atomic mass is 16.3. The largest absolute Gasteiger partial charge is 0.395 e. The molecule has 0 amide bonds. The SMILES string of the molecule is CN1CCN(c2cccc(C(C)(C)CO)c2)CC1. The molecular weight excluding hydrogens is 224 g/mol. The van der Waals surface area contributed by atoms with Crippen LogP contribution in [0.4, 0.5) is 5.69 Å². The Morgan fingerprint density at radius 2 is 1.83 bits per heavy atom. The zero-order valence-electron chi connectivity index (χ0n) is 11.7. The van der Waals surface area contributed by atoms with E-state index in [4.69, 9.17) is 0 Å². The van der Waals surface area contributed by atoms with Crippen molar-refractivity contribution in [1.82, 2.24) is 4.90 Å². The van der Waals surface area contributed by atoms with Gasteiger partial charge in [0.15, 0.2) is 0 Å². The van der Waals surface area contributed by atoms with Crippen molar-refractivity contribution >= 4 is 5.69 Å². The molecule has 0 saturated carbocycles. The van der Waals surface area contributed by atoms with Crippen molar-refractivity contribution in [3.05, 3.63) is 29.8 Å². The first kappa shape index (κ1) is 13.4. The number of hydrogen-bond donors (Lipinski definition) is 1. The van der Waals surface area contributed by atoms with Gasteiger partial charge in [-0.05, 0) is 24.7 Å². The summed E-state index contributed by atoms with van der Waals surface area (Å²) in [5.41, 5.74) is 2.33. The second kappa shape index (κ2) is 5.29. The van der Waals surface area contributed by atoms with Crippen LogP contribution in [0.25, 0.3) is 0 Å². The van der Waals surface area contributed by atoms with Crippen LogP contribution in [-0.2, 0) is 5.41 Å². The number of anilines is 1. The van der Waals surface area contributed by atoms with E-state index in [1.54, 1.807) is 0 Å². The Morgan fingerprint density at radius 3 is 2.44 bits per heavy atom. The molecule has 1 fully saturated rings. The zero-order chi connectivity index (χ0) is 13.2. The van der Waals surface area contributed by atoms with Gasteiger partial charge in [0.05, 0.1) is 6.61 Å². The van der Waals surface area contributed by atoms with Gasteiger partial charge in [-0.25, -0.2) is 0 Å². The lowest BCUT2D eigenvalue weighted by Crippen LogP contribution is -2.44. The van der Waals surface area contributed by atoms with E-state index in [0.29, 0.717) is 0 Å². The molecule has 18 heavy (non-hydrogen) atoms. The fourth-order valence-corrected chi connectivity index (χ4v) is 2.28. The highest BCUT2D eigenvalue weighted by Gasteiger charge is 2.21. The molecule has 0 atom stereocenters. The molecule has 1 aliphatic rings. The van der Waals surface area contributed by atoms with Crippen molar-refractivity contribution in [3.8, 4) is 0 Å². The van der Waals surface area contributed by atoms with Crippen LogP contribution in [0.3, 0.4) is 0 Å². The van der Waals surface area contributed by atoms with Crippen molar-refractivity contribution < 1.29 is 5.11 Å². The molecule has 1 N–H and O–H groups in total. The average molecular weight is 248 g/mol. The summed E-state index contributed by atoms with van der Waals surface area (Å²) in [6, 6.07) is 8.60. The summed E-state index contributed by atoms with van der Waals surface area (Å²) in [6.07, 6.45) is 0. The summed E-state index contributed by atoms with van der Waals surface area (Å²) in [6.45, 7) is 8.74. The number of benzene rings is 1. The van der Waals surface area contributed by atoms with Gasteiger partial charge in [0.25, 0.3) is 0 Å². The minimum atomic E-state index is -0.164. The molecule has 0 spiro atoms. The lowest BCUT2D eigenvalue weighted by molar-refractivity contribution is 0.218. The number of nitrogens with zero attached hydrogens (tertiary/aromatic N) is 2. The van der Waals surface area contributed by atoms with Crippen molar-refractivity contribution in [3.63, 3.8) is 0 Å². The fraction of sp³-hybridized carbons (Fsp3) is 0.600. The molecular formula is C15H24N2O. The van der Waals surface area contributed by atoms with E-state index in [9.17, 15) is 5.11 Å². The smallest absolute Gasteiger partial charge is 0.0522 e. The highest BCUT2D eigenvalue weighted by molar-refractivity contribution is 5.50. The van der Waals surface area contributed by atoms with Crippen LogP contribution in [0.15, 0.2) is 24.3 Å². The number of likely N-dealkylation sites (N-methyl/N-ethyl adjacent to an activating group) is 1. The van der Waals surface area contributed by atoms with Gasteiger partial charge >= 0.3 is 0 Å². The predicted molar refractivity (Wildman–Crippen MR) is 76.3 cm³/mol. The Morgan fingerprint density at radius 1 is 1.17 bits per heavy atom. The Balaban J connectivity index is 2.17. The third-order valence-corrected chi connectivity index (χ3v) is 3.89. The topological polar surface area (TPSA) is 26.7 Å². The molecule has 3 heteroatoms. The second-order valence-electron chi connectivity index (χ2n) is 5.88. The van der Waals surface area contributed by atoms with Crippen LogP contribution in [0.2, 0.25) is 0 Å². The first-order chi connectivity index (χ1) is 8.53. The van der Waals surface area contributed by atoms with E-state index in [1.807, 2.05) is 0 Å². The average Bonchev–Trinajstić information content (AvgIpc) is 2.40. The van der Waals surface area contributed by atoms with Crippen LogP contribution in [0, 0.1) is 0 Å². The van der Waals surface area contributed by atoms with E-state index in [1.165, 1.54) is 11.3 Å². The number of aliphatic hydroxyl groups excluding tert-OH is 1. The fourth-order valence-electron chi connectivity index (χ4n) is 2.28. The van der Waals surface area contributed by atoms with Gasteiger partial charge in [-0.2, -0.15) is 0 Å². The summed E-state index contributed by atoms with van der Waals surface area (Å²) >= 11 is 0. The van der Waals surface area contributed by atoms with Gasteiger partial charge < -0.3 is 14.9 Å². The number of piperazine rings is 1. The summed E-state index contributed by atoms with van der Waals surface area (Å²) in [4.78, 5) is 4.79. The standard InChI is InChI=1S/C15H24N2O/c1-15(2,12-18)13-5-4-6-14(11-13)17-9-7-16(3)8-10-17/h4-6,11,18H,7-10,12H2,1-3H3. The molecule has 1 aliphatic heterocycles. The van der Waals surface area contributed by atoms with Crippen LogP contribution < -0.4 is 4.90 Å². The Labute approximate surface area is 110 Å². The van der Waals surface area contributed by atoms with Crippen molar-refractivity contribution in [2.24, 2.45) is 0 Å². The van der Waals surface area contributed by atoms with E-state index >= 15 is 0 Å². The van der Waals surface area contributed by atoms with Crippen molar-refractivity contribution in [2.45, 2.75) is 19.3 Å². The summed E-state index contributed by atoms with van der Waals surface area (Å²) in [5.74, 6) is 0. The van der Waals surface area contributed by atoms with Gasteiger partial charge in [0, 0.05) is 37.3 Å². The minimum absolute atomic E-state index is 0.164. The molecule has 0 radical (unpaired) electrons. The molecule has 0 aromatic heterocycles. The Kier molecular flexibility index (Phi) is 3.93. The Hall–Kier alpha value is -1.06. The van der Waals surface area contributed by atoms with E-state index in [-0.39, 0.29) is 12.0 Å². The second-order valence-corrected chi connectivity index (χ2v) is 5.88. The molecule has 1 saturated heterocycles. The highest BCUT2D eigenvalue weighted by Crippen LogP contribution is 2.26. The number of rotatable bonds is 3. The van der Waals surface area contributed by atoms with Gasteiger partial charge in [0.2, 0.25) is 0 Å². The monoisotopic (exact) mass is 248 g/mol. The summed E-state index contributed by atoms with van der Waals surface area (Å²) in [7, 11) is 2.17. The van der Waals surface area contributed by atoms with Crippen molar-refractivity contribution in [2.75, 3.05) is 44.7 Å². The molecule has 1 aromatic carbocycles. The molecule has 1 heterocycles. The van der Waals surface area contributed by atoms with Crippen LogP contribution >= 0.6 is 0 Å². The van der Waals surface area contributed by atoms with Gasteiger partial charge in [0.1, 0.15) is 0 Å². The molecule has 0 aliphatic carbocycles. The molecule has 1 aromatic rings. The van der Waals surface area contributed by atoms with Gasteiger partial charge in [-0.3, -0.25) is 0 Å². The zero-order valence-corrected chi connectivity index (χ0v) is 11.7. The molecule has 0 unspecified atom stereocenters. The minimum Gasteiger partial charge on any atom is -0.395 e. The lowest BCUT2D eigenvalue weighted by Gasteiger charge is -2.35. The summed E-state index contributed by atoms with van der Waals surface area (Å²) in [5, 5.41) is 9.46. The number of hydrogen-bond acceptors (Lipinski definition) is 3. The molecule has 100 valence electrons. The maximum absolute atomic E-state index is 9.46. The molecule has 2 rings (SSSR count). The maximum Gasteiger partial charge on any atom is 0.0522 e. The normalized spacial score (nSPS) is 18.1. The predicted octanol–water partition coefficient (Wildman–Crippen LogP) is 1.71. The van der Waals surface area contributed by atoms with E-state index in [0.717, 1.165) is 26.2 Å². The van der Waals surface area contributed by atoms with E-state index in [2.05, 4.69) is 55.0 Å². The molecule has 0 bridgehead atoms. The maximum atomic E-state index is 9.46. The van der Waals surface area contributed by atoms with Crippen molar-refractivity contribution in [1.29, 1.82) is 0 Å². The Bertz CT molecular complexity index is 395. The number of aliphatic hydroxyl groups is 1. The lowest BCUT2D eigenvalue weighted by atomic mass is 9.85. The summed E-state index contributed by atoms with van der Waals surface area (Å²) < 4.78 is 0. The third kappa shape index (κ3) is 2.85. The third-order valence-electron chi connectivity index (χ3n) is 3.89.